The number of aromatic nitrogens is 2. The smallest absolute Gasteiger partial charge is 0.181 e. The van der Waals surface area contributed by atoms with Crippen LogP contribution in [0.5, 0.6) is 11.5 Å². The van der Waals surface area contributed by atoms with Crippen LogP contribution in [0.25, 0.3) is 0 Å². The summed E-state index contributed by atoms with van der Waals surface area (Å²) in [5.41, 5.74) is 5.49. The minimum atomic E-state index is 0.253. The van der Waals surface area contributed by atoms with Gasteiger partial charge in [0.15, 0.2) is 6.73 Å². The van der Waals surface area contributed by atoms with Gasteiger partial charge in [-0.3, -0.25) is 0 Å². The lowest BCUT2D eigenvalue weighted by molar-refractivity contribution is 0.221. The predicted molar refractivity (Wildman–Crippen MR) is 65.3 cm³/mol. The molecule has 0 aliphatic rings. The summed E-state index contributed by atoms with van der Waals surface area (Å²) in [6.07, 6.45) is 1.73. The van der Waals surface area contributed by atoms with Crippen LogP contribution in [0.3, 0.4) is 0 Å². The number of nitrogen functional groups attached to an aromatic ring is 1. The highest BCUT2D eigenvalue weighted by atomic mass is 35.5. The van der Waals surface area contributed by atoms with E-state index >= 15 is 0 Å². The number of nitrogens with zero attached hydrogens (tertiary/aromatic N) is 2. The van der Waals surface area contributed by atoms with Gasteiger partial charge in [0.2, 0.25) is 0 Å². The third-order valence-corrected chi connectivity index (χ3v) is 2.45. The molecule has 0 fully saturated rings. The minimum Gasteiger partial charge on any atom is -0.497 e. The van der Waals surface area contributed by atoms with Crippen LogP contribution in [0.1, 0.15) is 0 Å². The third kappa shape index (κ3) is 2.82. The molecule has 0 atom stereocenters. The maximum atomic E-state index is 6.02. The average Bonchev–Trinajstić information content (AvgIpc) is 2.73. The van der Waals surface area contributed by atoms with E-state index in [0.29, 0.717) is 22.3 Å². The minimum absolute atomic E-state index is 0.253. The first kappa shape index (κ1) is 11.6. The van der Waals surface area contributed by atoms with Gasteiger partial charge >= 0.3 is 0 Å². The van der Waals surface area contributed by atoms with Gasteiger partial charge in [0.1, 0.15) is 17.3 Å². The van der Waals surface area contributed by atoms with Crippen LogP contribution >= 0.6 is 11.6 Å². The van der Waals surface area contributed by atoms with Gasteiger partial charge < -0.3 is 15.2 Å². The molecular weight excluding hydrogens is 242 g/mol. The molecule has 0 unspecified atom stereocenters. The van der Waals surface area contributed by atoms with Crippen molar-refractivity contribution in [3.05, 3.63) is 35.5 Å². The Kier molecular flexibility index (Phi) is 3.39. The van der Waals surface area contributed by atoms with Crippen LogP contribution < -0.4 is 15.2 Å². The van der Waals surface area contributed by atoms with Gasteiger partial charge in [-0.2, -0.15) is 5.10 Å². The molecule has 1 aromatic heterocycles. The molecule has 0 saturated carbocycles. The van der Waals surface area contributed by atoms with Crippen LogP contribution in [0.2, 0.25) is 5.02 Å². The molecule has 1 heterocycles. The zero-order valence-electron chi connectivity index (χ0n) is 9.26. The fourth-order valence-corrected chi connectivity index (χ4v) is 1.54. The van der Waals surface area contributed by atoms with E-state index in [1.165, 1.54) is 0 Å². The van der Waals surface area contributed by atoms with E-state index in [-0.39, 0.29) is 6.73 Å². The van der Waals surface area contributed by atoms with Gasteiger partial charge in [-0.15, -0.1) is 0 Å². The lowest BCUT2D eigenvalue weighted by Crippen LogP contribution is -2.06. The van der Waals surface area contributed by atoms with Crippen LogP contribution in [0.15, 0.2) is 30.5 Å². The normalized spacial score (nSPS) is 10.2. The Morgan fingerprint density at radius 1 is 1.41 bits per heavy atom. The van der Waals surface area contributed by atoms with Gasteiger partial charge in [-0.25, -0.2) is 4.68 Å². The quantitative estimate of drug-likeness (QED) is 0.907. The van der Waals surface area contributed by atoms with Gasteiger partial charge in [-0.1, -0.05) is 11.6 Å². The number of halogens is 1. The molecule has 2 N–H and O–H groups in total. The predicted octanol–water partition coefficient (Wildman–Crippen LogP) is 2.16. The van der Waals surface area contributed by atoms with Crippen molar-refractivity contribution in [3.8, 4) is 11.5 Å². The molecule has 2 aromatic rings. The molecule has 0 aliphatic carbocycles. The Morgan fingerprint density at radius 3 is 2.82 bits per heavy atom. The number of hydrogen-bond acceptors (Lipinski definition) is 4. The molecule has 6 heteroatoms. The lowest BCUT2D eigenvalue weighted by Gasteiger charge is -2.09. The van der Waals surface area contributed by atoms with Crippen molar-refractivity contribution < 1.29 is 9.47 Å². The van der Waals surface area contributed by atoms with Gasteiger partial charge in [0.25, 0.3) is 0 Å². The number of hydrogen-bond donors (Lipinski definition) is 1. The first-order valence-corrected chi connectivity index (χ1v) is 5.32. The summed E-state index contributed by atoms with van der Waals surface area (Å²) >= 11 is 6.02. The molecule has 0 radical (unpaired) electrons. The van der Waals surface area contributed by atoms with E-state index in [4.69, 9.17) is 26.8 Å². The summed E-state index contributed by atoms with van der Waals surface area (Å²) in [6, 6.07) is 6.90. The molecule has 1 aromatic carbocycles. The Labute approximate surface area is 104 Å². The summed E-state index contributed by atoms with van der Waals surface area (Å²) in [5, 5.41) is 4.48. The molecule has 2 rings (SSSR count). The van der Waals surface area contributed by atoms with Crippen molar-refractivity contribution in [2.45, 2.75) is 6.73 Å². The largest absolute Gasteiger partial charge is 0.497 e. The average molecular weight is 254 g/mol. The van der Waals surface area contributed by atoms with Crippen molar-refractivity contribution in [1.82, 2.24) is 9.78 Å². The first-order chi connectivity index (χ1) is 8.19. The fourth-order valence-electron chi connectivity index (χ4n) is 1.31. The zero-order chi connectivity index (χ0) is 12.3. The van der Waals surface area contributed by atoms with E-state index in [1.807, 2.05) is 0 Å². The maximum absolute atomic E-state index is 6.02. The van der Waals surface area contributed by atoms with Crippen molar-refractivity contribution >= 4 is 17.4 Å². The summed E-state index contributed by atoms with van der Waals surface area (Å²) in [6.45, 7) is 0.253. The summed E-state index contributed by atoms with van der Waals surface area (Å²) in [7, 11) is 1.58. The molecule has 5 nitrogen and oxygen atoms in total. The van der Waals surface area contributed by atoms with Gasteiger partial charge in [0.05, 0.1) is 12.1 Å². The molecular formula is C11H12ClN3O2. The van der Waals surface area contributed by atoms with E-state index in [0.717, 1.165) is 0 Å². The second kappa shape index (κ2) is 4.97. The number of anilines is 1. The van der Waals surface area contributed by atoms with E-state index in [1.54, 1.807) is 42.3 Å². The van der Waals surface area contributed by atoms with Crippen LogP contribution in [0, 0.1) is 0 Å². The Bertz CT molecular complexity index is 513. The third-order valence-electron chi connectivity index (χ3n) is 2.15. The molecule has 0 aliphatic heterocycles. The van der Waals surface area contributed by atoms with Gasteiger partial charge in [0, 0.05) is 18.3 Å². The Balaban J connectivity index is 2.04. The maximum Gasteiger partial charge on any atom is 0.181 e. The van der Waals surface area contributed by atoms with Gasteiger partial charge in [-0.05, 0) is 12.1 Å². The van der Waals surface area contributed by atoms with Crippen molar-refractivity contribution in [3.63, 3.8) is 0 Å². The van der Waals surface area contributed by atoms with Crippen molar-refractivity contribution in [1.29, 1.82) is 0 Å². The second-order valence-electron chi connectivity index (χ2n) is 3.35. The molecule has 17 heavy (non-hydrogen) atoms. The van der Waals surface area contributed by atoms with Crippen molar-refractivity contribution in [2.24, 2.45) is 0 Å². The van der Waals surface area contributed by atoms with E-state index < -0.39 is 0 Å². The SMILES string of the molecule is COc1ccc(OCn2ccc(N)n2)c(Cl)c1. The highest BCUT2D eigenvalue weighted by Crippen LogP contribution is 2.28. The Hall–Kier alpha value is -1.88. The summed E-state index contributed by atoms with van der Waals surface area (Å²) < 4.78 is 12.1. The number of nitrogens with two attached hydrogens (primary N) is 1. The van der Waals surface area contributed by atoms with E-state index in [9.17, 15) is 0 Å². The molecule has 0 saturated heterocycles. The van der Waals surface area contributed by atoms with Crippen molar-refractivity contribution in [2.75, 3.05) is 12.8 Å². The first-order valence-electron chi connectivity index (χ1n) is 4.94. The molecule has 0 spiro atoms. The number of ether oxygens (including phenoxy) is 2. The molecule has 0 bridgehead atoms. The zero-order valence-corrected chi connectivity index (χ0v) is 10.0. The fraction of sp³-hybridized carbons (Fsp3) is 0.182. The highest BCUT2D eigenvalue weighted by Gasteiger charge is 2.04. The van der Waals surface area contributed by atoms with E-state index in [2.05, 4.69) is 5.10 Å². The monoisotopic (exact) mass is 253 g/mol. The standard InChI is InChI=1S/C11H12ClN3O2/c1-16-8-2-3-10(9(12)6-8)17-7-15-5-4-11(13)14-15/h2-6H,7H2,1H3,(H2,13,14). The number of benzene rings is 1. The van der Waals surface area contributed by atoms with Crippen LogP contribution in [0.4, 0.5) is 5.82 Å². The summed E-state index contributed by atoms with van der Waals surface area (Å²) in [5.74, 6) is 1.71. The van der Waals surface area contributed by atoms with Crippen LogP contribution in [-0.2, 0) is 6.73 Å². The topological polar surface area (TPSA) is 62.3 Å². The van der Waals surface area contributed by atoms with Crippen LogP contribution in [-0.4, -0.2) is 16.9 Å². The molecule has 90 valence electrons. The lowest BCUT2D eigenvalue weighted by atomic mass is 10.3. The molecule has 0 amide bonds. The summed E-state index contributed by atoms with van der Waals surface area (Å²) in [4.78, 5) is 0. The number of rotatable bonds is 4. The Morgan fingerprint density at radius 2 is 2.24 bits per heavy atom. The second-order valence-corrected chi connectivity index (χ2v) is 3.76. The highest BCUT2D eigenvalue weighted by molar-refractivity contribution is 6.32. The number of methoxy groups -OCH3 is 1.